The first-order valence-electron chi connectivity index (χ1n) is 9.64. The van der Waals surface area contributed by atoms with Crippen molar-refractivity contribution in [1.29, 1.82) is 0 Å². The molecule has 2 nitrogen and oxygen atoms in total. The van der Waals surface area contributed by atoms with Crippen molar-refractivity contribution in [1.82, 2.24) is 0 Å². The molecule has 1 unspecified atom stereocenters. The zero-order valence-corrected chi connectivity index (χ0v) is 17.8. The molecule has 0 aliphatic rings. The van der Waals surface area contributed by atoms with Crippen molar-refractivity contribution < 1.29 is 9.90 Å². The molecule has 0 fully saturated rings. The largest absolute Gasteiger partial charge is 0.481 e. The van der Waals surface area contributed by atoms with Crippen LogP contribution in [0.4, 0.5) is 0 Å². The quantitative estimate of drug-likeness (QED) is 0.404. The van der Waals surface area contributed by atoms with E-state index >= 15 is 0 Å². The molecule has 0 saturated carbocycles. The highest BCUT2D eigenvalue weighted by Gasteiger charge is 2.11. The maximum Gasteiger partial charge on any atom is 0.303 e. The van der Waals surface area contributed by atoms with Gasteiger partial charge >= 0.3 is 5.97 Å². The van der Waals surface area contributed by atoms with Gasteiger partial charge in [0.1, 0.15) is 15.7 Å². The Hall–Kier alpha value is -1.26. The van der Waals surface area contributed by atoms with Gasteiger partial charge in [0, 0.05) is 23.2 Å². The fourth-order valence-electron chi connectivity index (χ4n) is 2.93. The minimum Gasteiger partial charge on any atom is -0.481 e. The van der Waals surface area contributed by atoms with Crippen LogP contribution in [-0.2, 0) is 16.3 Å². The zero-order valence-electron chi connectivity index (χ0n) is 16.2. The second kappa shape index (κ2) is 13.1. The number of hydrogen-bond donors (Lipinski definition) is 1. The summed E-state index contributed by atoms with van der Waals surface area (Å²) in [6.45, 7) is 0. The van der Waals surface area contributed by atoms with Gasteiger partial charge in [0.05, 0.1) is 0 Å². The van der Waals surface area contributed by atoms with Crippen LogP contribution in [-0.4, -0.2) is 37.8 Å². The number of hydrogen-bond acceptors (Lipinski definition) is 3. The third kappa shape index (κ3) is 8.83. The van der Waals surface area contributed by atoms with Crippen LogP contribution in [0.1, 0.15) is 43.2 Å². The molecule has 0 aliphatic carbocycles. The van der Waals surface area contributed by atoms with E-state index in [0.29, 0.717) is 5.25 Å². The summed E-state index contributed by atoms with van der Waals surface area (Å²) in [5, 5.41) is 9.36. The second-order valence-electron chi connectivity index (χ2n) is 6.81. The number of aliphatic carboxylic acids is 1. The van der Waals surface area contributed by atoms with Gasteiger partial charge in [0.25, 0.3) is 0 Å². The number of unbranched alkanes of at least 4 members (excludes halogenated alkanes) is 1. The van der Waals surface area contributed by atoms with Crippen molar-refractivity contribution in [3.63, 3.8) is 0 Å². The van der Waals surface area contributed by atoms with E-state index in [1.807, 2.05) is 47.8 Å². The molecule has 1 N–H and O–H groups in total. The minimum absolute atomic E-state index is 0.261. The smallest absolute Gasteiger partial charge is 0.303 e. The van der Waals surface area contributed by atoms with Crippen molar-refractivity contribution in [3.8, 4) is 0 Å². The number of benzene rings is 2. The van der Waals surface area contributed by atoms with Crippen molar-refractivity contribution >= 4 is 56.1 Å². The number of rotatable bonds is 13. The van der Waals surface area contributed by atoms with Crippen molar-refractivity contribution in [2.75, 3.05) is 5.75 Å². The predicted octanol–water partition coefficient (Wildman–Crippen LogP) is 3.84. The molecule has 0 bridgehead atoms. The Morgan fingerprint density at radius 3 is 2.32 bits per heavy atom. The Bertz CT molecular complexity index is 705. The number of carboxylic acids is 1. The molecular formula is C22H26B2O2S2. The summed E-state index contributed by atoms with van der Waals surface area (Å²) < 4.78 is 0. The molecule has 2 rings (SSSR count). The van der Waals surface area contributed by atoms with Crippen molar-refractivity contribution in [3.05, 3.63) is 59.7 Å². The normalized spacial score (nSPS) is 12.0. The Kier molecular flexibility index (Phi) is 10.7. The molecule has 0 amide bonds. The molecule has 6 heteroatoms. The van der Waals surface area contributed by atoms with E-state index in [4.69, 9.17) is 20.8 Å². The van der Waals surface area contributed by atoms with Gasteiger partial charge < -0.3 is 5.11 Å². The summed E-state index contributed by atoms with van der Waals surface area (Å²) in [6.07, 6.45) is 4.13. The summed E-state index contributed by atoms with van der Waals surface area (Å²) >= 11 is 3.84. The lowest BCUT2D eigenvalue weighted by atomic mass is 9.82. The van der Waals surface area contributed by atoms with Crippen molar-refractivity contribution in [2.24, 2.45) is 0 Å². The monoisotopic (exact) mass is 408 g/mol. The molecule has 28 heavy (non-hydrogen) atoms. The van der Waals surface area contributed by atoms with Crippen LogP contribution in [0, 0.1) is 0 Å². The first-order chi connectivity index (χ1) is 13.6. The van der Waals surface area contributed by atoms with Crippen LogP contribution in [0.5, 0.6) is 0 Å². The summed E-state index contributed by atoms with van der Waals surface area (Å²) in [5.41, 5.74) is 3.88. The summed E-state index contributed by atoms with van der Waals surface area (Å²) in [5.74, 6) is 2.16. The molecule has 1 atom stereocenters. The van der Waals surface area contributed by atoms with Gasteiger partial charge in [-0.15, -0.1) is 0 Å². The van der Waals surface area contributed by atoms with E-state index < -0.39 is 5.97 Å². The maximum atomic E-state index is 10.7. The van der Waals surface area contributed by atoms with E-state index in [1.54, 1.807) is 0 Å². The third-order valence-electron chi connectivity index (χ3n) is 4.57. The molecule has 144 valence electrons. The average molecular weight is 408 g/mol. The van der Waals surface area contributed by atoms with Gasteiger partial charge in [-0.25, -0.2) is 0 Å². The van der Waals surface area contributed by atoms with E-state index in [0.717, 1.165) is 59.4 Å². The highest BCUT2D eigenvalue weighted by Crippen LogP contribution is 2.27. The topological polar surface area (TPSA) is 37.3 Å². The van der Waals surface area contributed by atoms with Gasteiger partial charge in [-0.2, -0.15) is 23.5 Å². The first kappa shape index (κ1) is 23.0. The standard InChI is InChI=1S/C22H26B2O2S2/c23-20-10-6-11-21(24)19(20)16-27-14-13-18(9-4-5-12-22(25)26)28-15-17-7-2-1-3-8-17/h1-3,6-8,10-11,18H,4-5,9,12-16H2,(H,25,26). The Morgan fingerprint density at radius 1 is 0.929 bits per heavy atom. The molecule has 2 aromatic carbocycles. The number of thioether (sulfide) groups is 2. The fraction of sp³-hybridized carbons (Fsp3) is 0.409. The Labute approximate surface area is 180 Å². The molecule has 0 aromatic heterocycles. The SMILES string of the molecule is [B]c1cccc([B])c1CSCCC(CCCCC(=O)O)SCc1ccccc1. The first-order valence-corrected chi connectivity index (χ1v) is 11.8. The molecule has 4 radical (unpaired) electrons. The summed E-state index contributed by atoms with van der Waals surface area (Å²) in [7, 11) is 12.1. The zero-order chi connectivity index (χ0) is 20.2. The lowest BCUT2D eigenvalue weighted by Gasteiger charge is -2.17. The average Bonchev–Trinajstić information content (AvgIpc) is 2.68. The second-order valence-corrected chi connectivity index (χ2v) is 9.21. The van der Waals surface area contributed by atoms with Gasteiger partial charge in [0.2, 0.25) is 0 Å². The van der Waals surface area contributed by atoms with E-state index in [9.17, 15) is 4.79 Å². The van der Waals surface area contributed by atoms with Crippen LogP contribution in [0.2, 0.25) is 0 Å². The summed E-state index contributed by atoms with van der Waals surface area (Å²) in [6, 6.07) is 16.2. The van der Waals surface area contributed by atoms with E-state index in [1.165, 1.54) is 5.56 Å². The van der Waals surface area contributed by atoms with Crippen LogP contribution in [0.3, 0.4) is 0 Å². The van der Waals surface area contributed by atoms with Crippen LogP contribution in [0.15, 0.2) is 48.5 Å². The predicted molar refractivity (Wildman–Crippen MR) is 126 cm³/mol. The van der Waals surface area contributed by atoms with E-state index in [-0.39, 0.29) is 6.42 Å². The number of carbonyl (C=O) groups is 1. The van der Waals surface area contributed by atoms with Gasteiger partial charge in [-0.05, 0) is 30.6 Å². The van der Waals surface area contributed by atoms with Gasteiger partial charge in [0.15, 0.2) is 0 Å². The molecule has 2 aromatic rings. The van der Waals surface area contributed by atoms with Crippen molar-refractivity contribution in [2.45, 2.75) is 48.9 Å². The summed E-state index contributed by atoms with van der Waals surface area (Å²) in [4.78, 5) is 10.7. The fourth-order valence-corrected chi connectivity index (χ4v) is 5.45. The van der Waals surface area contributed by atoms with Crippen LogP contribution in [0.25, 0.3) is 0 Å². The van der Waals surface area contributed by atoms with E-state index in [2.05, 4.69) is 24.3 Å². The third-order valence-corrected chi connectivity index (χ3v) is 7.03. The molecule has 0 heterocycles. The maximum absolute atomic E-state index is 10.7. The molecule has 0 aliphatic heterocycles. The highest BCUT2D eigenvalue weighted by molar-refractivity contribution is 7.99. The Morgan fingerprint density at radius 2 is 1.64 bits per heavy atom. The molecular weight excluding hydrogens is 382 g/mol. The minimum atomic E-state index is -0.706. The molecule has 0 saturated heterocycles. The lowest BCUT2D eigenvalue weighted by Crippen LogP contribution is -2.21. The number of carboxylic acid groups (broad SMARTS) is 1. The Balaban J connectivity index is 1.79. The molecule has 0 spiro atoms. The van der Waals surface area contributed by atoms with Gasteiger partial charge in [-0.3, -0.25) is 4.79 Å². The highest BCUT2D eigenvalue weighted by atomic mass is 32.2. The lowest BCUT2D eigenvalue weighted by molar-refractivity contribution is -0.137. The van der Waals surface area contributed by atoms with Crippen LogP contribution >= 0.6 is 23.5 Å². The van der Waals surface area contributed by atoms with Gasteiger partial charge in [-0.1, -0.05) is 71.4 Å². The van der Waals surface area contributed by atoms with Crippen LogP contribution < -0.4 is 10.9 Å².